The van der Waals surface area contributed by atoms with Crippen LogP contribution in [0.5, 0.6) is 0 Å². The van der Waals surface area contributed by atoms with E-state index in [1.807, 2.05) is 0 Å². The highest BCUT2D eigenvalue weighted by molar-refractivity contribution is 7.80. The molecule has 0 fully saturated rings. The maximum Gasteiger partial charge on any atom is 0.325 e. The number of primary amides is 1. The molecule has 0 saturated carbocycles. The minimum atomic E-state index is -1.26. The van der Waals surface area contributed by atoms with Crippen molar-refractivity contribution < 1.29 is 29.1 Å². The van der Waals surface area contributed by atoms with Crippen LogP contribution in [0.2, 0.25) is 0 Å². The molecule has 0 heterocycles. The van der Waals surface area contributed by atoms with Crippen LogP contribution in [0.4, 0.5) is 0 Å². The maximum atomic E-state index is 12.2. The van der Waals surface area contributed by atoms with Gasteiger partial charge in [0.1, 0.15) is 18.1 Å². The van der Waals surface area contributed by atoms with E-state index in [0.29, 0.717) is 0 Å². The number of rotatable bonds is 11. The van der Waals surface area contributed by atoms with Crippen LogP contribution in [0, 0.1) is 0 Å². The molecule has 0 spiro atoms. The lowest BCUT2D eigenvalue weighted by molar-refractivity contribution is -0.142. The lowest BCUT2D eigenvalue weighted by atomic mass is 10.1. The molecule has 0 aliphatic carbocycles. The zero-order valence-corrected chi connectivity index (χ0v) is 15.4. The van der Waals surface area contributed by atoms with Crippen molar-refractivity contribution in [1.82, 2.24) is 16.0 Å². The van der Waals surface area contributed by atoms with E-state index in [1.165, 1.54) is 13.8 Å². The summed E-state index contributed by atoms with van der Waals surface area (Å²) < 4.78 is 0. The molecule has 0 aliphatic rings. The van der Waals surface area contributed by atoms with Crippen molar-refractivity contribution in [3.8, 4) is 0 Å². The molecule has 26 heavy (non-hydrogen) atoms. The van der Waals surface area contributed by atoms with Gasteiger partial charge in [0.2, 0.25) is 23.6 Å². The van der Waals surface area contributed by atoms with Crippen LogP contribution in [-0.4, -0.2) is 64.6 Å². The summed E-state index contributed by atoms with van der Waals surface area (Å²) in [6.45, 7) is 2.62. The molecule has 11 nitrogen and oxygen atoms in total. The Morgan fingerprint density at radius 1 is 0.962 bits per heavy atom. The van der Waals surface area contributed by atoms with Crippen molar-refractivity contribution in [2.24, 2.45) is 11.5 Å². The minimum absolute atomic E-state index is 0.0802. The first-order valence-electron chi connectivity index (χ1n) is 7.78. The summed E-state index contributed by atoms with van der Waals surface area (Å²) in [5, 5.41) is 15.7. The Balaban J connectivity index is 4.95. The van der Waals surface area contributed by atoms with Gasteiger partial charge in [-0.1, -0.05) is 0 Å². The Morgan fingerprint density at radius 2 is 1.50 bits per heavy atom. The smallest absolute Gasteiger partial charge is 0.325 e. The zero-order valence-electron chi connectivity index (χ0n) is 14.5. The Labute approximate surface area is 156 Å². The zero-order chi connectivity index (χ0) is 20.4. The summed E-state index contributed by atoms with van der Waals surface area (Å²) in [6, 6.07) is -4.32. The molecule has 0 rings (SSSR count). The van der Waals surface area contributed by atoms with Gasteiger partial charge in [-0.2, -0.15) is 12.6 Å². The minimum Gasteiger partial charge on any atom is -0.480 e. The summed E-state index contributed by atoms with van der Waals surface area (Å²) >= 11 is 3.88. The van der Waals surface area contributed by atoms with E-state index in [9.17, 15) is 24.0 Å². The molecule has 0 saturated heterocycles. The third-order valence-corrected chi connectivity index (χ3v) is 3.72. The summed E-state index contributed by atoms with van der Waals surface area (Å²) in [6.07, 6.45) is -0.332. The number of carbonyl (C=O) groups is 5. The molecular formula is C14H25N5O6S. The molecule has 148 valence electrons. The summed E-state index contributed by atoms with van der Waals surface area (Å²) in [4.78, 5) is 57.8. The molecule has 0 aromatic carbocycles. The van der Waals surface area contributed by atoms with Gasteiger partial charge in [-0.25, -0.2) is 0 Å². The van der Waals surface area contributed by atoms with Crippen LogP contribution in [0.25, 0.3) is 0 Å². The van der Waals surface area contributed by atoms with Crippen molar-refractivity contribution in [3.63, 3.8) is 0 Å². The van der Waals surface area contributed by atoms with Gasteiger partial charge in [-0.15, -0.1) is 0 Å². The number of carboxylic acid groups (broad SMARTS) is 1. The van der Waals surface area contributed by atoms with E-state index in [0.717, 1.165) is 0 Å². The van der Waals surface area contributed by atoms with Gasteiger partial charge in [0, 0.05) is 12.2 Å². The van der Waals surface area contributed by atoms with Crippen molar-refractivity contribution in [2.75, 3.05) is 5.75 Å². The van der Waals surface area contributed by atoms with Crippen LogP contribution in [0.15, 0.2) is 0 Å². The van der Waals surface area contributed by atoms with E-state index >= 15 is 0 Å². The number of thiol groups is 1. The van der Waals surface area contributed by atoms with E-state index in [-0.39, 0.29) is 18.6 Å². The second kappa shape index (κ2) is 11.3. The summed E-state index contributed by atoms with van der Waals surface area (Å²) in [5.74, 6) is -3.97. The first-order valence-corrected chi connectivity index (χ1v) is 8.41. The van der Waals surface area contributed by atoms with Crippen LogP contribution in [0.1, 0.15) is 26.7 Å². The summed E-state index contributed by atoms with van der Waals surface area (Å²) in [7, 11) is 0. The van der Waals surface area contributed by atoms with Gasteiger partial charge in [0.25, 0.3) is 0 Å². The SMILES string of the molecule is CC(NC(=O)C(CCC(N)=O)NC(=O)C(C)NC(=O)C(N)CS)C(=O)O. The number of aliphatic carboxylic acids is 1. The van der Waals surface area contributed by atoms with Crippen molar-refractivity contribution in [3.05, 3.63) is 0 Å². The number of nitrogens with two attached hydrogens (primary N) is 2. The summed E-state index contributed by atoms with van der Waals surface area (Å²) in [5.41, 5.74) is 10.5. The average Bonchev–Trinajstić information content (AvgIpc) is 2.56. The van der Waals surface area contributed by atoms with Gasteiger partial charge in [-0.3, -0.25) is 24.0 Å². The van der Waals surface area contributed by atoms with Gasteiger partial charge in [0.15, 0.2) is 0 Å². The number of nitrogens with one attached hydrogen (secondary N) is 3. The Morgan fingerprint density at radius 3 is 1.96 bits per heavy atom. The van der Waals surface area contributed by atoms with E-state index in [2.05, 4.69) is 28.6 Å². The Kier molecular flexibility index (Phi) is 10.3. The fourth-order valence-corrected chi connectivity index (χ4v) is 1.86. The van der Waals surface area contributed by atoms with Gasteiger partial charge in [-0.05, 0) is 20.3 Å². The highest BCUT2D eigenvalue weighted by atomic mass is 32.1. The molecular weight excluding hydrogens is 366 g/mol. The number of hydrogen-bond acceptors (Lipinski definition) is 7. The highest BCUT2D eigenvalue weighted by Crippen LogP contribution is 2.00. The number of carbonyl (C=O) groups excluding carboxylic acids is 4. The van der Waals surface area contributed by atoms with Gasteiger partial charge < -0.3 is 32.5 Å². The molecule has 4 unspecified atom stereocenters. The monoisotopic (exact) mass is 391 g/mol. The molecule has 0 aromatic rings. The maximum absolute atomic E-state index is 12.2. The first kappa shape index (κ1) is 23.7. The highest BCUT2D eigenvalue weighted by Gasteiger charge is 2.27. The van der Waals surface area contributed by atoms with Crippen LogP contribution < -0.4 is 27.4 Å². The molecule has 4 amide bonds. The predicted octanol–water partition coefficient (Wildman–Crippen LogP) is -2.91. The van der Waals surface area contributed by atoms with E-state index < -0.39 is 53.8 Å². The van der Waals surface area contributed by atoms with Gasteiger partial charge in [0.05, 0.1) is 6.04 Å². The molecule has 0 aliphatic heterocycles. The number of hydrogen-bond donors (Lipinski definition) is 7. The third-order valence-electron chi connectivity index (χ3n) is 3.33. The van der Waals surface area contributed by atoms with Crippen molar-refractivity contribution in [1.29, 1.82) is 0 Å². The predicted molar refractivity (Wildman–Crippen MR) is 95.0 cm³/mol. The van der Waals surface area contributed by atoms with Crippen molar-refractivity contribution >= 4 is 42.2 Å². The lowest BCUT2D eigenvalue weighted by Gasteiger charge is -2.22. The Hall–Kier alpha value is -2.34. The molecule has 12 heteroatoms. The second-order valence-corrected chi connectivity index (χ2v) is 6.02. The molecule has 4 atom stereocenters. The normalized spacial score (nSPS) is 15.1. The molecule has 0 radical (unpaired) electrons. The van der Waals surface area contributed by atoms with Gasteiger partial charge >= 0.3 is 5.97 Å². The van der Waals surface area contributed by atoms with Crippen LogP contribution >= 0.6 is 12.6 Å². The van der Waals surface area contributed by atoms with Crippen LogP contribution in [0.3, 0.4) is 0 Å². The average molecular weight is 391 g/mol. The van der Waals surface area contributed by atoms with E-state index in [4.69, 9.17) is 16.6 Å². The second-order valence-electron chi connectivity index (χ2n) is 5.65. The van der Waals surface area contributed by atoms with Crippen LogP contribution in [-0.2, 0) is 24.0 Å². The topological polar surface area (TPSA) is 194 Å². The fourth-order valence-electron chi connectivity index (χ4n) is 1.70. The molecule has 0 bridgehead atoms. The molecule has 0 aromatic heterocycles. The first-order chi connectivity index (χ1) is 12.0. The fraction of sp³-hybridized carbons (Fsp3) is 0.643. The standard InChI is InChI=1S/C14H25N5O6S/c1-6(17-12(22)8(15)5-26)11(21)19-9(3-4-10(16)20)13(23)18-7(2)14(24)25/h6-9,26H,3-5,15H2,1-2H3,(H2,16,20)(H,17,22)(H,18,23)(H,19,21)(H,24,25). The third kappa shape index (κ3) is 8.67. The lowest BCUT2D eigenvalue weighted by Crippen LogP contribution is -2.56. The number of carboxylic acids is 1. The van der Waals surface area contributed by atoms with E-state index in [1.54, 1.807) is 0 Å². The Bertz CT molecular complexity index is 558. The van der Waals surface area contributed by atoms with Crippen molar-refractivity contribution in [2.45, 2.75) is 50.9 Å². The number of amides is 4. The quantitative estimate of drug-likeness (QED) is 0.183. The largest absolute Gasteiger partial charge is 0.480 e. The molecule has 8 N–H and O–H groups in total.